The van der Waals surface area contributed by atoms with Gasteiger partial charge in [0.2, 0.25) is 0 Å². The van der Waals surface area contributed by atoms with Crippen LogP contribution in [0.1, 0.15) is 58.1 Å². The standard InChI is InChI=1S/C23H25F4N3O2.2H2/c1-13-8-20(23(26,27)12-13)30-22(31)21-19(28-6-7-29-21)5-2-14-9-16(10-14)32-15-3-4-17(24)18(25)11-15;;/h3-4,6-7,11,13-14,16,20H,2,5,8-10,12H2,1H3,(H,30,31);2*1H. The number of nitrogens with zero attached hydrogens (tertiary/aromatic N) is 2. The van der Waals surface area contributed by atoms with E-state index in [2.05, 4.69) is 15.3 Å². The van der Waals surface area contributed by atoms with Gasteiger partial charge in [-0.25, -0.2) is 22.5 Å². The van der Waals surface area contributed by atoms with E-state index in [0.717, 1.165) is 31.4 Å². The Morgan fingerprint density at radius 1 is 1.19 bits per heavy atom. The Bertz CT molecular complexity index is 992. The number of ether oxygens (including phenoxy) is 1. The molecule has 0 bridgehead atoms. The number of rotatable bonds is 7. The molecule has 2 aromatic rings. The van der Waals surface area contributed by atoms with E-state index in [1.54, 1.807) is 6.92 Å². The number of nitrogens with one attached hydrogen (secondary N) is 1. The largest absolute Gasteiger partial charge is 0.490 e. The number of aromatic nitrogens is 2. The van der Waals surface area contributed by atoms with Gasteiger partial charge in [-0.1, -0.05) is 6.92 Å². The van der Waals surface area contributed by atoms with E-state index in [1.165, 1.54) is 18.5 Å². The zero-order chi connectivity index (χ0) is 22.9. The lowest BCUT2D eigenvalue weighted by atomic mass is 9.79. The predicted molar refractivity (Wildman–Crippen MR) is 113 cm³/mol. The van der Waals surface area contributed by atoms with Crippen LogP contribution in [0.4, 0.5) is 17.6 Å². The average molecular weight is 455 g/mol. The summed E-state index contributed by atoms with van der Waals surface area (Å²) in [4.78, 5) is 21.0. The minimum Gasteiger partial charge on any atom is -0.490 e. The van der Waals surface area contributed by atoms with Crippen LogP contribution >= 0.6 is 0 Å². The smallest absolute Gasteiger partial charge is 0.272 e. The number of hydrogen-bond acceptors (Lipinski definition) is 4. The van der Waals surface area contributed by atoms with Crippen molar-refractivity contribution < 1.29 is 29.9 Å². The van der Waals surface area contributed by atoms with Crippen LogP contribution in [0.2, 0.25) is 0 Å². The van der Waals surface area contributed by atoms with Crippen molar-refractivity contribution in [2.24, 2.45) is 11.8 Å². The first kappa shape index (κ1) is 22.5. The van der Waals surface area contributed by atoms with Gasteiger partial charge in [-0.05, 0) is 56.1 Å². The summed E-state index contributed by atoms with van der Waals surface area (Å²) in [7, 11) is 0. The summed E-state index contributed by atoms with van der Waals surface area (Å²) in [6.07, 6.45) is 5.47. The summed E-state index contributed by atoms with van der Waals surface area (Å²) in [5.41, 5.74) is 0.557. The first-order chi connectivity index (χ1) is 15.2. The summed E-state index contributed by atoms with van der Waals surface area (Å²) >= 11 is 0. The summed E-state index contributed by atoms with van der Waals surface area (Å²) in [5.74, 6) is -4.96. The second kappa shape index (κ2) is 9.03. The zero-order valence-corrected chi connectivity index (χ0v) is 17.7. The van der Waals surface area contributed by atoms with Crippen LogP contribution in [0.15, 0.2) is 30.6 Å². The van der Waals surface area contributed by atoms with Crippen molar-refractivity contribution in [1.82, 2.24) is 15.3 Å². The highest BCUT2D eigenvalue weighted by Gasteiger charge is 2.48. The number of carbonyl (C=O) groups is 1. The molecule has 32 heavy (non-hydrogen) atoms. The summed E-state index contributed by atoms with van der Waals surface area (Å²) in [6.45, 7) is 1.75. The van der Waals surface area contributed by atoms with Crippen LogP contribution in [0.25, 0.3) is 0 Å². The van der Waals surface area contributed by atoms with Crippen LogP contribution in [0.3, 0.4) is 0 Å². The quantitative estimate of drug-likeness (QED) is 0.583. The summed E-state index contributed by atoms with van der Waals surface area (Å²) < 4.78 is 60.1. The molecule has 5 nitrogen and oxygen atoms in total. The molecule has 0 spiro atoms. The zero-order valence-electron chi connectivity index (χ0n) is 17.7. The van der Waals surface area contributed by atoms with E-state index in [4.69, 9.17) is 4.74 Å². The second-order valence-corrected chi connectivity index (χ2v) is 8.88. The fourth-order valence-corrected chi connectivity index (χ4v) is 4.49. The Balaban J connectivity index is 0.00000204. The minimum atomic E-state index is -2.92. The van der Waals surface area contributed by atoms with Gasteiger partial charge in [0.25, 0.3) is 11.8 Å². The van der Waals surface area contributed by atoms with Gasteiger partial charge in [0.15, 0.2) is 11.6 Å². The first-order valence-electron chi connectivity index (χ1n) is 10.8. The molecular weight excluding hydrogens is 426 g/mol. The number of halogens is 4. The maximum atomic E-state index is 14.1. The van der Waals surface area contributed by atoms with Crippen molar-refractivity contribution in [3.63, 3.8) is 0 Å². The molecular formula is C23H29F4N3O2. The molecule has 1 aromatic carbocycles. The van der Waals surface area contributed by atoms with E-state index in [-0.39, 0.29) is 33.4 Å². The third-order valence-corrected chi connectivity index (χ3v) is 6.24. The van der Waals surface area contributed by atoms with Gasteiger partial charge in [0.1, 0.15) is 11.4 Å². The second-order valence-electron chi connectivity index (χ2n) is 8.88. The van der Waals surface area contributed by atoms with Crippen LogP contribution in [-0.2, 0) is 6.42 Å². The van der Waals surface area contributed by atoms with Crippen molar-refractivity contribution in [1.29, 1.82) is 0 Å². The van der Waals surface area contributed by atoms with Crippen LogP contribution < -0.4 is 10.1 Å². The molecule has 1 heterocycles. The molecule has 0 radical (unpaired) electrons. The summed E-state index contributed by atoms with van der Waals surface area (Å²) in [5, 5.41) is 2.45. The van der Waals surface area contributed by atoms with Crippen molar-refractivity contribution in [3.8, 4) is 5.75 Å². The molecule has 2 unspecified atom stereocenters. The fraction of sp³-hybridized carbons (Fsp3) is 0.522. The Hall–Kier alpha value is -2.71. The van der Waals surface area contributed by atoms with E-state index in [0.29, 0.717) is 23.8 Å². The van der Waals surface area contributed by atoms with Gasteiger partial charge in [0.05, 0.1) is 17.8 Å². The molecule has 0 saturated heterocycles. The van der Waals surface area contributed by atoms with Crippen LogP contribution in [-0.4, -0.2) is 33.9 Å². The van der Waals surface area contributed by atoms with Gasteiger partial charge in [-0.3, -0.25) is 9.78 Å². The van der Waals surface area contributed by atoms with Crippen molar-refractivity contribution in [3.05, 3.63) is 53.6 Å². The monoisotopic (exact) mass is 455 g/mol. The molecule has 2 aliphatic rings. The molecule has 1 amide bonds. The van der Waals surface area contributed by atoms with E-state index < -0.39 is 29.5 Å². The Morgan fingerprint density at radius 3 is 2.62 bits per heavy atom. The maximum absolute atomic E-state index is 14.1. The Labute approximate surface area is 186 Å². The SMILES string of the molecule is CC1CC(NC(=O)c2nccnc2CCC2CC(Oc3ccc(F)c(F)c3)C2)C(F)(F)C1.[HH].[HH]. The fourth-order valence-electron chi connectivity index (χ4n) is 4.49. The average Bonchev–Trinajstić information content (AvgIpc) is 2.97. The molecule has 176 valence electrons. The number of alkyl halides is 2. The van der Waals surface area contributed by atoms with Crippen LogP contribution in [0, 0.1) is 23.5 Å². The predicted octanol–water partition coefficient (Wildman–Crippen LogP) is 5.20. The lowest BCUT2D eigenvalue weighted by Crippen LogP contribution is -2.44. The number of hydrogen-bond donors (Lipinski definition) is 1. The highest BCUT2D eigenvalue weighted by molar-refractivity contribution is 5.93. The van der Waals surface area contributed by atoms with Crippen molar-refractivity contribution >= 4 is 5.91 Å². The maximum Gasteiger partial charge on any atom is 0.272 e. The van der Waals surface area contributed by atoms with Crippen molar-refractivity contribution in [2.45, 2.75) is 63.5 Å². The molecule has 9 heteroatoms. The normalized spacial score (nSPS) is 26.4. The van der Waals surface area contributed by atoms with Gasteiger partial charge in [-0.2, -0.15) is 0 Å². The lowest BCUT2D eigenvalue weighted by molar-refractivity contribution is -0.0187. The van der Waals surface area contributed by atoms with Gasteiger partial charge in [0, 0.05) is 27.7 Å². The molecule has 0 aliphatic heterocycles. The number of benzene rings is 1. The molecule has 1 aromatic heterocycles. The van der Waals surface area contributed by atoms with Gasteiger partial charge >= 0.3 is 0 Å². The minimum absolute atomic E-state index is 0. The highest BCUT2D eigenvalue weighted by Crippen LogP contribution is 2.39. The van der Waals surface area contributed by atoms with Crippen molar-refractivity contribution in [2.75, 3.05) is 0 Å². The lowest BCUT2D eigenvalue weighted by Gasteiger charge is -2.35. The molecule has 2 atom stereocenters. The Kier molecular flexibility index (Phi) is 6.35. The topological polar surface area (TPSA) is 64.1 Å². The summed E-state index contributed by atoms with van der Waals surface area (Å²) in [6, 6.07) is 2.26. The molecule has 2 aliphatic carbocycles. The van der Waals surface area contributed by atoms with Gasteiger partial charge in [-0.15, -0.1) is 0 Å². The third kappa shape index (κ3) is 5.02. The number of amides is 1. The van der Waals surface area contributed by atoms with E-state index in [1.807, 2.05) is 0 Å². The molecule has 2 saturated carbocycles. The third-order valence-electron chi connectivity index (χ3n) is 6.24. The van der Waals surface area contributed by atoms with E-state index in [9.17, 15) is 22.4 Å². The molecule has 2 fully saturated rings. The number of aryl methyl sites for hydroxylation is 1. The van der Waals surface area contributed by atoms with E-state index >= 15 is 0 Å². The molecule has 4 rings (SSSR count). The number of carbonyl (C=O) groups excluding carboxylic acids is 1. The Morgan fingerprint density at radius 2 is 1.94 bits per heavy atom. The van der Waals surface area contributed by atoms with Crippen LogP contribution in [0.5, 0.6) is 5.75 Å². The first-order valence-corrected chi connectivity index (χ1v) is 10.8. The highest BCUT2D eigenvalue weighted by atomic mass is 19.3. The van der Waals surface area contributed by atoms with Gasteiger partial charge < -0.3 is 10.1 Å². The molecule has 1 N–H and O–H groups in total.